The van der Waals surface area contributed by atoms with Gasteiger partial charge in [0.25, 0.3) is 0 Å². The van der Waals surface area contributed by atoms with Crippen LogP contribution < -0.4 is 10.5 Å². The lowest BCUT2D eigenvalue weighted by atomic mass is 10.1. The summed E-state index contributed by atoms with van der Waals surface area (Å²) in [5.74, 6) is 0.405. The molecule has 0 heterocycles. The molecule has 12 heavy (non-hydrogen) atoms. The van der Waals surface area contributed by atoms with Gasteiger partial charge in [-0.25, -0.2) is 13.1 Å². The van der Waals surface area contributed by atoms with Gasteiger partial charge in [0.15, 0.2) is 0 Å². The van der Waals surface area contributed by atoms with Gasteiger partial charge in [0.1, 0.15) is 0 Å². The van der Waals surface area contributed by atoms with E-state index in [0.29, 0.717) is 12.5 Å². The fraction of sp³-hybridized carbons (Fsp3) is 1.00. The van der Waals surface area contributed by atoms with Crippen molar-refractivity contribution in [2.75, 3.05) is 12.3 Å². The second-order valence-corrected chi connectivity index (χ2v) is 5.26. The minimum Gasteiger partial charge on any atom is -0.326 e. The van der Waals surface area contributed by atoms with Crippen molar-refractivity contribution in [2.24, 2.45) is 11.7 Å². The van der Waals surface area contributed by atoms with Gasteiger partial charge >= 0.3 is 0 Å². The normalized spacial score (nSPS) is 15.1. The van der Waals surface area contributed by atoms with Gasteiger partial charge in [-0.1, -0.05) is 13.8 Å². The van der Waals surface area contributed by atoms with Crippen molar-refractivity contribution in [2.45, 2.75) is 26.8 Å². The van der Waals surface area contributed by atoms with Gasteiger partial charge in [-0.2, -0.15) is 0 Å². The van der Waals surface area contributed by atoms with E-state index in [-0.39, 0.29) is 11.8 Å². The molecule has 0 rings (SSSR count). The van der Waals surface area contributed by atoms with Crippen LogP contribution in [0.25, 0.3) is 0 Å². The lowest BCUT2D eigenvalue weighted by Crippen LogP contribution is -2.40. The summed E-state index contributed by atoms with van der Waals surface area (Å²) in [4.78, 5) is 0. The molecule has 0 saturated carbocycles. The molecule has 1 unspecified atom stereocenters. The van der Waals surface area contributed by atoms with Gasteiger partial charge in [0.2, 0.25) is 10.0 Å². The van der Waals surface area contributed by atoms with Crippen molar-refractivity contribution in [3.05, 3.63) is 0 Å². The molecular formula is C7H18N2O2S. The average Bonchev–Trinajstić information content (AvgIpc) is 2.00. The van der Waals surface area contributed by atoms with Crippen molar-refractivity contribution in [3.63, 3.8) is 0 Å². The van der Waals surface area contributed by atoms with E-state index in [2.05, 4.69) is 4.72 Å². The Labute approximate surface area is 74.6 Å². The zero-order chi connectivity index (χ0) is 9.78. The van der Waals surface area contributed by atoms with Crippen molar-refractivity contribution in [3.8, 4) is 0 Å². The zero-order valence-electron chi connectivity index (χ0n) is 7.87. The summed E-state index contributed by atoms with van der Waals surface area (Å²) in [5.41, 5.74) is 5.65. The highest BCUT2D eigenvalue weighted by Gasteiger charge is 2.11. The van der Waals surface area contributed by atoms with Crippen molar-refractivity contribution >= 4 is 10.0 Å². The van der Waals surface area contributed by atoms with Gasteiger partial charge in [0.05, 0.1) is 5.75 Å². The number of hydrogen-bond donors (Lipinski definition) is 2. The van der Waals surface area contributed by atoms with Crippen LogP contribution in [-0.2, 0) is 10.0 Å². The van der Waals surface area contributed by atoms with E-state index in [1.807, 2.05) is 13.8 Å². The summed E-state index contributed by atoms with van der Waals surface area (Å²) in [6.45, 7) is 5.85. The van der Waals surface area contributed by atoms with Crippen LogP contribution in [0.3, 0.4) is 0 Å². The van der Waals surface area contributed by atoms with Crippen LogP contribution >= 0.6 is 0 Å². The Balaban J connectivity index is 3.84. The molecule has 0 aromatic rings. The maximum atomic E-state index is 11.0. The Morgan fingerprint density at radius 1 is 1.42 bits per heavy atom. The Morgan fingerprint density at radius 2 is 1.92 bits per heavy atom. The topological polar surface area (TPSA) is 72.2 Å². The lowest BCUT2D eigenvalue weighted by molar-refractivity contribution is 0.482. The summed E-state index contributed by atoms with van der Waals surface area (Å²) in [5, 5.41) is 0. The molecule has 0 bridgehead atoms. The number of sulfonamides is 1. The zero-order valence-corrected chi connectivity index (χ0v) is 8.69. The van der Waals surface area contributed by atoms with E-state index in [1.165, 1.54) is 0 Å². The molecule has 0 aliphatic carbocycles. The third kappa shape index (κ3) is 4.69. The van der Waals surface area contributed by atoms with Gasteiger partial charge in [-0.05, 0) is 12.8 Å². The highest BCUT2D eigenvalue weighted by atomic mass is 32.2. The molecule has 0 amide bonds. The van der Waals surface area contributed by atoms with Gasteiger partial charge < -0.3 is 5.73 Å². The van der Waals surface area contributed by atoms with E-state index in [4.69, 9.17) is 5.73 Å². The molecule has 1 atom stereocenters. The Kier molecular flexibility index (Phi) is 4.74. The highest BCUT2D eigenvalue weighted by Crippen LogP contribution is 1.96. The third-order valence-electron chi connectivity index (χ3n) is 1.78. The third-order valence-corrected chi connectivity index (χ3v) is 3.14. The Hall–Kier alpha value is -0.130. The van der Waals surface area contributed by atoms with Crippen molar-refractivity contribution in [1.29, 1.82) is 0 Å². The van der Waals surface area contributed by atoms with Gasteiger partial charge in [-0.15, -0.1) is 0 Å². The fourth-order valence-electron chi connectivity index (χ4n) is 0.561. The highest BCUT2D eigenvalue weighted by molar-refractivity contribution is 7.89. The number of hydrogen-bond acceptors (Lipinski definition) is 3. The molecule has 0 aliphatic heterocycles. The van der Waals surface area contributed by atoms with Gasteiger partial charge in [-0.3, -0.25) is 0 Å². The first-order valence-corrected chi connectivity index (χ1v) is 5.77. The fourth-order valence-corrected chi connectivity index (χ4v) is 1.21. The molecule has 3 N–H and O–H groups in total. The van der Waals surface area contributed by atoms with E-state index in [1.54, 1.807) is 6.92 Å². The monoisotopic (exact) mass is 194 g/mol. The summed E-state index contributed by atoms with van der Waals surface area (Å²) in [6, 6.07) is -0.105. The standard InChI is InChI=1S/C7H18N2O2S/c1-4-12(10,11)9-5-7(8)6(2)3/h6-7,9H,4-5,8H2,1-3H3. The van der Waals surface area contributed by atoms with Crippen LogP contribution in [0.4, 0.5) is 0 Å². The predicted octanol–water partition coefficient (Wildman–Crippen LogP) is -0.0910. The minimum absolute atomic E-state index is 0.105. The van der Waals surface area contributed by atoms with E-state index in [0.717, 1.165) is 0 Å². The smallest absolute Gasteiger partial charge is 0.211 e. The van der Waals surface area contributed by atoms with Crippen LogP contribution in [0.1, 0.15) is 20.8 Å². The summed E-state index contributed by atoms with van der Waals surface area (Å²) >= 11 is 0. The Bertz CT molecular complexity index is 211. The van der Waals surface area contributed by atoms with E-state index in [9.17, 15) is 8.42 Å². The van der Waals surface area contributed by atoms with Crippen LogP contribution in [0, 0.1) is 5.92 Å². The number of rotatable bonds is 5. The van der Waals surface area contributed by atoms with Crippen LogP contribution in [0.2, 0.25) is 0 Å². The molecular weight excluding hydrogens is 176 g/mol. The van der Waals surface area contributed by atoms with Crippen LogP contribution in [0.15, 0.2) is 0 Å². The Morgan fingerprint density at radius 3 is 2.25 bits per heavy atom. The number of nitrogens with two attached hydrogens (primary N) is 1. The quantitative estimate of drug-likeness (QED) is 0.642. The summed E-state index contributed by atoms with van der Waals surface area (Å²) in [7, 11) is -3.08. The first-order chi connectivity index (χ1) is 5.39. The first kappa shape index (κ1) is 11.9. The van der Waals surface area contributed by atoms with E-state index >= 15 is 0 Å². The number of nitrogens with one attached hydrogen (secondary N) is 1. The molecule has 0 radical (unpaired) electrons. The summed E-state index contributed by atoms with van der Waals surface area (Å²) < 4.78 is 24.4. The SMILES string of the molecule is CCS(=O)(=O)NCC(N)C(C)C. The van der Waals surface area contributed by atoms with Crippen LogP contribution in [-0.4, -0.2) is 26.8 Å². The first-order valence-electron chi connectivity index (χ1n) is 4.12. The van der Waals surface area contributed by atoms with Crippen LogP contribution in [0.5, 0.6) is 0 Å². The van der Waals surface area contributed by atoms with Crippen molar-refractivity contribution in [1.82, 2.24) is 4.72 Å². The largest absolute Gasteiger partial charge is 0.326 e. The molecule has 0 spiro atoms. The molecule has 5 heteroatoms. The second kappa shape index (κ2) is 4.79. The van der Waals surface area contributed by atoms with E-state index < -0.39 is 10.0 Å². The maximum absolute atomic E-state index is 11.0. The summed E-state index contributed by atoms with van der Waals surface area (Å²) in [6.07, 6.45) is 0. The minimum atomic E-state index is -3.08. The van der Waals surface area contributed by atoms with Crippen molar-refractivity contribution < 1.29 is 8.42 Å². The van der Waals surface area contributed by atoms with Gasteiger partial charge in [0, 0.05) is 12.6 Å². The molecule has 4 nitrogen and oxygen atoms in total. The lowest BCUT2D eigenvalue weighted by Gasteiger charge is -2.15. The molecule has 0 aliphatic rings. The maximum Gasteiger partial charge on any atom is 0.211 e. The predicted molar refractivity (Wildman–Crippen MR) is 50.3 cm³/mol. The molecule has 0 saturated heterocycles. The second-order valence-electron chi connectivity index (χ2n) is 3.16. The average molecular weight is 194 g/mol. The molecule has 0 aromatic carbocycles. The molecule has 74 valence electrons. The molecule has 0 aromatic heterocycles. The molecule has 0 fully saturated rings.